The highest BCUT2D eigenvalue weighted by Crippen LogP contribution is 2.49. The molecule has 190 valence electrons. The average molecular weight is 492 g/mol. The number of rotatable bonds is 0. The fourth-order valence-corrected chi connectivity index (χ4v) is 7.20. The Balaban J connectivity index is 1.52. The monoisotopic (exact) mass is 492 g/mol. The van der Waals surface area contributed by atoms with Gasteiger partial charge in [-0.2, -0.15) is 0 Å². The van der Waals surface area contributed by atoms with E-state index >= 15 is 0 Å². The molecule has 0 saturated carbocycles. The average Bonchev–Trinajstić information content (AvgIpc) is 2.83. The highest BCUT2D eigenvalue weighted by Gasteiger charge is 2.47. The first-order chi connectivity index (χ1) is 17.3. The molecule has 0 fully saturated rings. The van der Waals surface area contributed by atoms with Crippen LogP contribution in [0, 0.1) is 0 Å². The molecule has 7 rings (SSSR count). The van der Waals surface area contributed by atoms with Gasteiger partial charge < -0.3 is 9.47 Å². The first-order valence-corrected chi connectivity index (χ1v) is 13.9. The van der Waals surface area contributed by atoms with Gasteiger partial charge in [0, 0.05) is 17.1 Å². The SMILES string of the molecule is CC1(C)CCC(C)(C)c2cc3c(cc21)Oc1nccc2c1B3c1cc3c(nc1O2)C(C)(C)CCC3(C)C. The van der Waals surface area contributed by atoms with Crippen LogP contribution in [0.3, 0.4) is 0 Å². The Morgan fingerprint density at radius 1 is 0.649 bits per heavy atom. The molecule has 2 aliphatic carbocycles. The summed E-state index contributed by atoms with van der Waals surface area (Å²) in [5.41, 5.74) is 9.10. The van der Waals surface area contributed by atoms with Gasteiger partial charge in [0.05, 0.1) is 5.69 Å². The lowest BCUT2D eigenvalue weighted by molar-refractivity contribution is 0.319. The van der Waals surface area contributed by atoms with Gasteiger partial charge in [-0.05, 0) is 81.7 Å². The summed E-state index contributed by atoms with van der Waals surface area (Å²) in [6, 6.07) is 9.13. The maximum atomic E-state index is 6.54. The van der Waals surface area contributed by atoms with E-state index in [2.05, 4.69) is 78.6 Å². The predicted octanol–water partition coefficient (Wildman–Crippen LogP) is 5.90. The van der Waals surface area contributed by atoms with E-state index in [1.54, 1.807) is 6.20 Å². The third kappa shape index (κ3) is 3.15. The largest absolute Gasteiger partial charge is 0.440 e. The fourth-order valence-electron chi connectivity index (χ4n) is 7.20. The Labute approximate surface area is 221 Å². The molecule has 0 spiro atoms. The molecule has 0 amide bonds. The molecular formula is C32H37BN2O2. The van der Waals surface area contributed by atoms with Gasteiger partial charge >= 0.3 is 0 Å². The van der Waals surface area contributed by atoms with Crippen LogP contribution in [-0.2, 0) is 21.7 Å². The van der Waals surface area contributed by atoms with E-state index in [9.17, 15) is 0 Å². The van der Waals surface area contributed by atoms with Crippen molar-refractivity contribution in [3.8, 4) is 23.3 Å². The van der Waals surface area contributed by atoms with E-state index in [1.807, 2.05) is 6.07 Å². The third-order valence-electron chi connectivity index (χ3n) is 9.98. The maximum absolute atomic E-state index is 6.54. The topological polar surface area (TPSA) is 44.2 Å². The number of benzene rings is 1. The summed E-state index contributed by atoms with van der Waals surface area (Å²) in [5.74, 6) is 3.14. The zero-order chi connectivity index (χ0) is 26.1. The molecule has 3 aromatic rings. The molecule has 0 atom stereocenters. The second kappa shape index (κ2) is 6.98. The van der Waals surface area contributed by atoms with Gasteiger partial charge in [0.1, 0.15) is 11.5 Å². The number of ether oxygens (including phenoxy) is 2. The highest BCUT2D eigenvalue weighted by molar-refractivity contribution is 6.98. The predicted molar refractivity (Wildman–Crippen MR) is 150 cm³/mol. The van der Waals surface area contributed by atoms with Crippen LogP contribution in [0.5, 0.6) is 23.3 Å². The van der Waals surface area contributed by atoms with Crippen LogP contribution in [0.4, 0.5) is 0 Å². The minimum absolute atomic E-state index is 0.00372. The molecule has 0 radical (unpaired) electrons. The van der Waals surface area contributed by atoms with Crippen molar-refractivity contribution in [3.63, 3.8) is 0 Å². The number of hydrogen-bond acceptors (Lipinski definition) is 4. The zero-order valence-corrected chi connectivity index (χ0v) is 23.5. The van der Waals surface area contributed by atoms with Crippen molar-refractivity contribution >= 4 is 23.1 Å². The number of pyridine rings is 2. The maximum Gasteiger partial charge on any atom is 0.265 e. The van der Waals surface area contributed by atoms with E-state index in [0.717, 1.165) is 41.1 Å². The van der Waals surface area contributed by atoms with Crippen LogP contribution >= 0.6 is 0 Å². The Morgan fingerprint density at radius 2 is 1.22 bits per heavy atom. The minimum Gasteiger partial charge on any atom is -0.440 e. The summed E-state index contributed by atoms with van der Waals surface area (Å²) in [7, 11) is 0. The summed E-state index contributed by atoms with van der Waals surface area (Å²) in [6.45, 7) is 18.9. The van der Waals surface area contributed by atoms with Gasteiger partial charge in [0.15, 0.2) is 0 Å². The summed E-state index contributed by atoms with van der Waals surface area (Å²) in [4.78, 5) is 9.96. The van der Waals surface area contributed by atoms with Gasteiger partial charge in [0.2, 0.25) is 11.8 Å². The fraction of sp³-hybridized carbons (Fsp3) is 0.500. The quantitative estimate of drug-likeness (QED) is 0.253. The Hall–Kier alpha value is -2.82. The van der Waals surface area contributed by atoms with Crippen molar-refractivity contribution in [2.45, 2.75) is 103 Å². The molecule has 0 saturated heterocycles. The summed E-state index contributed by atoms with van der Waals surface area (Å²) in [5, 5.41) is 0. The first kappa shape index (κ1) is 23.3. The van der Waals surface area contributed by atoms with Gasteiger partial charge in [-0.1, -0.05) is 67.5 Å². The smallest absolute Gasteiger partial charge is 0.265 e. The van der Waals surface area contributed by atoms with E-state index in [-0.39, 0.29) is 28.4 Å². The van der Waals surface area contributed by atoms with E-state index < -0.39 is 0 Å². The van der Waals surface area contributed by atoms with E-state index in [1.165, 1.54) is 40.7 Å². The number of hydrogen-bond donors (Lipinski definition) is 0. The first-order valence-electron chi connectivity index (χ1n) is 13.9. The lowest BCUT2D eigenvalue weighted by atomic mass is 9.34. The molecular weight excluding hydrogens is 455 g/mol. The Bertz CT molecular complexity index is 1390. The summed E-state index contributed by atoms with van der Waals surface area (Å²) in [6.07, 6.45) is 6.42. The van der Waals surface area contributed by atoms with Crippen LogP contribution in [0.2, 0.25) is 0 Å². The second-order valence-corrected chi connectivity index (χ2v) is 14.4. The molecule has 1 aromatic carbocycles. The van der Waals surface area contributed by atoms with Gasteiger partial charge in [-0.15, -0.1) is 0 Å². The van der Waals surface area contributed by atoms with Crippen molar-refractivity contribution in [3.05, 3.63) is 52.8 Å². The lowest BCUT2D eigenvalue weighted by Crippen LogP contribution is -2.59. The van der Waals surface area contributed by atoms with Gasteiger partial charge in [-0.3, -0.25) is 0 Å². The van der Waals surface area contributed by atoms with Crippen molar-refractivity contribution < 1.29 is 9.47 Å². The molecule has 2 aromatic heterocycles. The van der Waals surface area contributed by atoms with Crippen LogP contribution < -0.4 is 25.9 Å². The summed E-state index contributed by atoms with van der Waals surface area (Å²) >= 11 is 0. The molecule has 0 unspecified atom stereocenters. The molecule has 4 heterocycles. The van der Waals surface area contributed by atoms with Gasteiger partial charge in [0.25, 0.3) is 6.71 Å². The standard InChI is InChI=1S/C32H37BN2O2/c1-29(2)10-11-30(3,4)19-17-24-21(15-18(19)29)33-22-16-20-26(32(7,8)13-12-31(20,5)6)35-27(22)36-23-9-14-34-28(37-24)25(23)33/h9,14-17H,10-13H2,1-8H3. The second-order valence-electron chi connectivity index (χ2n) is 14.4. The molecule has 37 heavy (non-hydrogen) atoms. The number of fused-ring (bicyclic) bond motifs is 6. The normalized spacial score (nSPS) is 22.3. The minimum atomic E-state index is -0.00372. The highest BCUT2D eigenvalue weighted by atomic mass is 16.5. The lowest BCUT2D eigenvalue weighted by Gasteiger charge is -2.44. The van der Waals surface area contributed by atoms with Crippen LogP contribution in [0.25, 0.3) is 0 Å². The van der Waals surface area contributed by atoms with Gasteiger partial charge in [-0.25, -0.2) is 9.97 Å². The summed E-state index contributed by atoms with van der Waals surface area (Å²) < 4.78 is 13.1. The van der Waals surface area contributed by atoms with Crippen molar-refractivity contribution in [2.75, 3.05) is 0 Å². The Morgan fingerprint density at radius 3 is 1.92 bits per heavy atom. The molecule has 0 N–H and O–H groups in total. The van der Waals surface area contributed by atoms with E-state index in [4.69, 9.17) is 14.5 Å². The van der Waals surface area contributed by atoms with Crippen LogP contribution in [0.15, 0.2) is 30.5 Å². The Kier molecular flexibility index (Phi) is 4.40. The van der Waals surface area contributed by atoms with Crippen molar-refractivity contribution in [2.24, 2.45) is 0 Å². The molecule has 4 nitrogen and oxygen atoms in total. The third-order valence-corrected chi connectivity index (χ3v) is 9.98. The zero-order valence-electron chi connectivity index (χ0n) is 23.5. The van der Waals surface area contributed by atoms with Crippen LogP contribution in [0.1, 0.15) is 103 Å². The number of nitrogens with zero attached hydrogens (tertiary/aromatic N) is 2. The van der Waals surface area contributed by atoms with Crippen LogP contribution in [-0.4, -0.2) is 16.7 Å². The van der Waals surface area contributed by atoms with Crippen molar-refractivity contribution in [1.29, 1.82) is 0 Å². The molecule has 4 aliphatic rings. The van der Waals surface area contributed by atoms with Crippen molar-refractivity contribution in [1.82, 2.24) is 9.97 Å². The molecule has 2 aliphatic heterocycles. The number of aromatic nitrogens is 2. The molecule has 0 bridgehead atoms. The molecule has 5 heteroatoms. The van der Waals surface area contributed by atoms with E-state index in [0.29, 0.717) is 5.88 Å².